The van der Waals surface area contributed by atoms with E-state index in [2.05, 4.69) is 0 Å². The van der Waals surface area contributed by atoms with E-state index < -0.39 is 11.9 Å². The number of hydrogen-bond donors (Lipinski definition) is 1. The highest BCUT2D eigenvalue weighted by atomic mass is 19.1. The lowest BCUT2D eigenvalue weighted by molar-refractivity contribution is -0.133. The van der Waals surface area contributed by atoms with E-state index in [4.69, 9.17) is 4.74 Å². The summed E-state index contributed by atoms with van der Waals surface area (Å²) in [7, 11) is 0. The van der Waals surface area contributed by atoms with Gasteiger partial charge in [-0.25, -0.2) is 4.39 Å². The number of hydrogen-bond acceptors (Lipinski definition) is 3. The second-order valence-electron chi connectivity index (χ2n) is 5.44. The molecule has 1 amide bonds. The first kappa shape index (κ1) is 15.8. The summed E-state index contributed by atoms with van der Waals surface area (Å²) in [5.41, 5.74) is 0.360. The van der Waals surface area contributed by atoms with Crippen molar-refractivity contribution in [3.8, 4) is 5.75 Å². The number of aliphatic hydroxyl groups excluding tert-OH is 1. The highest BCUT2D eigenvalue weighted by molar-refractivity contribution is 5.77. The van der Waals surface area contributed by atoms with Gasteiger partial charge in [0.2, 0.25) is 0 Å². The number of aliphatic hydroxyl groups is 1. The van der Waals surface area contributed by atoms with Crippen molar-refractivity contribution in [2.75, 3.05) is 19.7 Å². The zero-order valence-corrected chi connectivity index (χ0v) is 12.3. The molecule has 0 aromatic heterocycles. The summed E-state index contributed by atoms with van der Waals surface area (Å²) in [6.45, 7) is 3.01. The van der Waals surface area contributed by atoms with Crippen LogP contribution in [0.1, 0.15) is 44.3 Å². The Kier molecular flexibility index (Phi) is 5.56. The number of amides is 1. The van der Waals surface area contributed by atoms with Gasteiger partial charge >= 0.3 is 0 Å². The Morgan fingerprint density at radius 3 is 2.62 bits per heavy atom. The van der Waals surface area contributed by atoms with E-state index >= 15 is 0 Å². The summed E-state index contributed by atoms with van der Waals surface area (Å²) >= 11 is 0. The molecule has 0 radical (unpaired) electrons. The topological polar surface area (TPSA) is 49.8 Å². The molecule has 1 aliphatic heterocycles. The number of benzene rings is 1. The number of carbonyl (C=O) groups is 1. The highest BCUT2D eigenvalue weighted by Gasteiger charge is 2.17. The standard InChI is InChI=1S/C16H22FNO3/c1-12(19)14-10-13(17)6-7-15(14)21-11-16(20)18-8-4-2-3-5-9-18/h6-7,10,12,19H,2-5,8-9,11H2,1H3/t12-/m0/s1. The van der Waals surface area contributed by atoms with Crippen LogP contribution in [-0.2, 0) is 4.79 Å². The zero-order chi connectivity index (χ0) is 15.2. The Bertz CT molecular complexity index is 482. The SMILES string of the molecule is C[C@H](O)c1cc(F)ccc1OCC(=O)N1CCCCCC1. The van der Waals surface area contributed by atoms with Gasteiger partial charge in [0.15, 0.2) is 6.61 Å². The van der Waals surface area contributed by atoms with Gasteiger partial charge in [0.1, 0.15) is 11.6 Å². The van der Waals surface area contributed by atoms with Crippen LogP contribution < -0.4 is 4.74 Å². The van der Waals surface area contributed by atoms with E-state index in [1.54, 1.807) is 0 Å². The Balaban J connectivity index is 1.97. The summed E-state index contributed by atoms with van der Waals surface area (Å²) in [5.74, 6) is -0.135. The molecule has 0 bridgehead atoms. The quantitative estimate of drug-likeness (QED) is 0.929. The molecule has 1 fully saturated rings. The van der Waals surface area contributed by atoms with Gasteiger partial charge in [-0.15, -0.1) is 0 Å². The van der Waals surface area contributed by atoms with E-state index in [-0.39, 0.29) is 12.5 Å². The van der Waals surface area contributed by atoms with Crippen LogP contribution in [0.25, 0.3) is 0 Å². The lowest BCUT2D eigenvalue weighted by Gasteiger charge is -2.21. The van der Waals surface area contributed by atoms with Crippen molar-refractivity contribution in [3.05, 3.63) is 29.6 Å². The molecule has 0 saturated carbocycles. The summed E-state index contributed by atoms with van der Waals surface area (Å²) in [5, 5.41) is 9.64. The molecular weight excluding hydrogens is 273 g/mol. The number of ether oxygens (including phenoxy) is 1. The number of carbonyl (C=O) groups excluding carboxylic acids is 1. The van der Waals surface area contributed by atoms with Crippen LogP contribution in [0.3, 0.4) is 0 Å². The molecule has 4 nitrogen and oxygen atoms in total. The summed E-state index contributed by atoms with van der Waals surface area (Å²) in [6, 6.07) is 3.95. The molecule has 0 spiro atoms. The maximum Gasteiger partial charge on any atom is 0.260 e. The van der Waals surface area contributed by atoms with Crippen molar-refractivity contribution >= 4 is 5.91 Å². The van der Waals surface area contributed by atoms with Gasteiger partial charge in [0.05, 0.1) is 6.10 Å². The third-order valence-electron chi connectivity index (χ3n) is 3.73. The van der Waals surface area contributed by atoms with Crippen LogP contribution in [0, 0.1) is 5.82 Å². The van der Waals surface area contributed by atoms with Gasteiger partial charge in [0, 0.05) is 18.7 Å². The third kappa shape index (κ3) is 4.43. The molecule has 1 N–H and O–H groups in total. The van der Waals surface area contributed by atoms with Gasteiger partial charge in [0.25, 0.3) is 5.91 Å². The normalized spacial score (nSPS) is 17.2. The Labute approximate surface area is 124 Å². The number of likely N-dealkylation sites (tertiary alicyclic amines) is 1. The first-order chi connectivity index (χ1) is 10.1. The average molecular weight is 295 g/mol. The molecular formula is C16H22FNO3. The zero-order valence-electron chi connectivity index (χ0n) is 12.3. The maximum absolute atomic E-state index is 13.2. The fourth-order valence-corrected chi connectivity index (χ4v) is 2.53. The molecule has 0 unspecified atom stereocenters. The van der Waals surface area contributed by atoms with Crippen molar-refractivity contribution in [3.63, 3.8) is 0 Å². The van der Waals surface area contributed by atoms with Crippen LogP contribution in [0.5, 0.6) is 5.75 Å². The minimum atomic E-state index is -0.844. The molecule has 1 aromatic rings. The van der Waals surface area contributed by atoms with Crippen molar-refractivity contribution in [2.45, 2.75) is 38.7 Å². The molecule has 21 heavy (non-hydrogen) atoms. The van der Waals surface area contributed by atoms with Crippen LogP contribution in [0.15, 0.2) is 18.2 Å². The van der Waals surface area contributed by atoms with Gasteiger partial charge in [-0.2, -0.15) is 0 Å². The summed E-state index contributed by atoms with van der Waals surface area (Å²) in [4.78, 5) is 14.0. The Morgan fingerprint density at radius 2 is 2.00 bits per heavy atom. The fourth-order valence-electron chi connectivity index (χ4n) is 2.53. The lowest BCUT2D eigenvalue weighted by Crippen LogP contribution is -2.35. The van der Waals surface area contributed by atoms with Crippen molar-refractivity contribution < 1.29 is 19.0 Å². The lowest BCUT2D eigenvalue weighted by atomic mass is 10.1. The van der Waals surface area contributed by atoms with Crippen LogP contribution >= 0.6 is 0 Å². The largest absolute Gasteiger partial charge is 0.483 e. The fraction of sp³-hybridized carbons (Fsp3) is 0.562. The van der Waals surface area contributed by atoms with E-state index in [0.717, 1.165) is 38.8 Å². The summed E-state index contributed by atoms with van der Waals surface area (Å²) in [6.07, 6.45) is 3.54. The van der Waals surface area contributed by atoms with Gasteiger partial charge in [-0.05, 0) is 38.0 Å². The number of nitrogens with zero attached hydrogens (tertiary/aromatic N) is 1. The van der Waals surface area contributed by atoms with Crippen LogP contribution in [0.2, 0.25) is 0 Å². The molecule has 1 aliphatic rings. The molecule has 1 atom stereocenters. The van der Waals surface area contributed by atoms with Gasteiger partial charge < -0.3 is 14.7 Å². The van der Waals surface area contributed by atoms with Crippen LogP contribution in [-0.4, -0.2) is 35.6 Å². The van der Waals surface area contributed by atoms with Crippen LogP contribution in [0.4, 0.5) is 4.39 Å². The third-order valence-corrected chi connectivity index (χ3v) is 3.73. The average Bonchev–Trinajstić information content (AvgIpc) is 2.74. The molecule has 1 saturated heterocycles. The predicted molar refractivity (Wildman–Crippen MR) is 77.6 cm³/mol. The van der Waals surface area contributed by atoms with Crippen molar-refractivity contribution in [1.29, 1.82) is 0 Å². The Morgan fingerprint density at radius 1 is 1.33 bits per heavy atom. The first-order valence-electron chi connectivity index (χ1n) is 7.46. The van der Waals surface area contributed by atoms with Crippen molar-refractivity contribution in [1.82, 2.24) is 4.90 Å². The number of halogens is 1. The minimum Gasteiger partial charge on any atom is -0.483 e. The number of rotatable bonds is 4. The van der Waals surface area contributed by atoms with E-state index in [0.29, 0.717) is 11.3 Å². The second-order valence-corrected chi connectivity index (χ2v) is 5.44. The van der Waals surface area contributed by atoms with Gasteiger partial charge in [-0.1, -0.05) is 12.8 Å². The second kappa shape index (κ2) is 7.41. The maximum atomic E-state index is 13.2. The minimum absolute atomic E-state index is 0.0576. The molecule has 0 aliphatic carbocycles. The Hall–Kier alpha value is -1.62. The predicted octanol–water partition coefficient (Wildman–Crippen LogP) is 2.66. The van der Waals surface area contributed by atoms with E-state index in [1.807, 2.05) is 4.90 Å². The van der Waals surface area contributed by atoms with E-state index in [1.165, 1.54) is 25.1 Å². The van der Waals surface area contributed by atoms with Gasteiger partial charge in [-0.3, -0.25) is 4.79 Å². The molecule has 1 heterocycles. The van der Waals surface area contributed by atoms with E-state index in [9.17, 15) is 14.3 Å². The monoisotopic (exact) mass is 295 g/mol. The van der Waals surface area contributed by atoms with Crippen molar-refractivity contribution in [2.24, 2.45) is 0 Å². The summed E-state index contributed by atoms with van der Waals surface area (Å²) < 4.78 is 18.7. The molecule has 2 rings (SSSR count). The smallest absolute Gasteiger partial charge is 0.260 e. The molecule has 1 aromatic carbocycles. The molecule has 116 valence electrons. The first-order valence-corrected chi connectivity index (χ1v) is 7.46. The molecule has 5 heteroatoms. The highest BCUT2D eigenvalue weighted by Crippen LogP contribution is 2.26.